The Balaban J connectivity index is 1.33. The van der Waals surface area contributed by atoms with Gasteiger partial charge in [-0.05, 0) is 24.5 Å². The summed E-state index contributed by atoms with van der Waals surface area (Å²) in [5.41, 5.74) is 3.36. The first-order valence-corrected chi connectivity index (χ1v) is 8.75. The molecule has 4 rings (SSSR count). The Bertz CT molecular complexity index is 759. The summed E-state index contributed by atoms with van der Waals surface area (Å²) in [7, 11) is 0. The van der Waals surface area contributed by atoms with Crippen LogP contribution in [0.1, 0.15) is 29.3 Å². The van der Waals surface area contributed by atoms with Crippen molar-refractivity contribution in [2.75, 3.05) is 19.6 Å². The lowest BCUT2D eigenvalue weighted by atomic mass is 10.0. The Morgan fingerprint density at radius 2 is 2.28 bits per heavy atom. The first kappa shape index (κ1) is 16.2. The Labute approximate surface area is 147 Å². The second-order valence-corrected chi connectivity index (χ2v) is 6.81. The molecule has 1 N–H and O–H groups in total. The van der Waals surface area contributed by atoms with Crippen LogP contribution in [0.15, 0.2) is 30.5 Å². The standard InChI is InChI=1S/C18H23N5O2/c1-13-4-2-3-5-14(13)8-19-18(24)11-22-7-6-17-16(10-22)23-15(12-25-17)9-20-21-23/h2-5,9,16-17H,6-8,10-12H2,1H3,(H,19,24). The second-order valence-electron chi connectivity index (χ2n) is 6.81. The van der Waals surface area contributed by atoms with Gasteiger partial charge in [0.15, 0.2) is 0 Å². The van der Waals surface area contributed by atoms with Crippen LogP contribution in [0, 0.1) is 6.92 Å². The minimum absolute atomic E-state index is 0.0530. The number of nitrogens with zero attached hydrogens (tertiary/aromatic N) is 4. The van der Waals surface area contributed by atoms with Crippen molar-refractivity contribution in [1.29, 1.82) is 0 Å². The molecule has 2 unspecified atom stereocenters. The summed E-state index contributed by atoms with van der Waals surface area (Å²) in [6.07, 6.45) is 2.83. The van der Waals surface area contributed by atoms with Crippen molar-refractivity contribution in [3.05, 3.63) is 47.3 Å². The lowest BCUT2D eigenvalue weighted by Crippen LogP contribution is -2.50. The van der Waals surface area contributed by atoms with Gasteiger partial charge < -0.3 is 10.1 Å². The van der Waals surface area contributed by atoms with Crippen LogP contribution < -0.4 is 5.32 Å². The van der Waals surface area contributed by atoms with Crippen LogP contribution in [0.5, 0.6) is 0 Å². The highest BCUT2D eigenvalue weighted by Crippen LogP contribution is 2.29. The number of fused-ring (bicyclic) bond motifs is 3. The first-order valence-electron chi connectivity index (χ1n) is 8.75. The van der Waals surface area contributed by atoms with E-state index in [1.54, 1.807) is 6.20 Å². The number of rotatable bonds is 4. The van der Waals surface area contributed by atoms with Crippen LogP contribution in [0.25, 0.3) is 0 Å². The highest BCUT2D eigenvalue weighted by Gasteiger charge is 2.36. The maximum absolute atomic E-state index is 12.3. The molecule has 2 aliphatic rings. The minimum Gasteiger partial charge on any atom is -0.370 e. The third-order valence-electron chi connectivity index (χ3n) is 5.12. The average Bonchev–Trinajstić information content (AvgIpc) is 3.10. The fourth-order valence-corrected chi connectivity index (χ4v) is 3.65. The van der Waals surface area contributed by atoms with E-state index in [0.29, 0.717) is 19.7 Å². The molecule has 2 aliphatic heterocycles. The molecule has 132 valence electrons. The van der Waals surface area contributed by atoms with Crippen molar-refractivity contribution >= 4 is 5.91 Å². The van der Waals surface area contributed by atoms with Gasteiger partial charge >= 0.3 is 0 Å². The molecule has 1 aromatic heterocycles. The van der Waals surface area contributed by atoms with E-state index < -0.39 is 0 Å². The van der Waals surface area contributed by atoms with Crippen molar-refractivity contribution in [3.63, 3.8) is 0 Å². The number of piperidine rings is 1. The Morgan fingerprint density at radius 3 is 3.16 bits per heavy atom. The van der Waals surface area contributed by atoms with E-state index in [-0.39, 0.29) is 18.1 Å². The fourth-order valence-electron chi connectivity index (χ4n) is 3.65. The third kappa shape index (κ3) is 3.43. The molecule has 0 saturated carbocycles. The predicted octanol–water partition coefficient (Wildman–Crippen LogP) is 1.05. The van der Waals surface area contributed by atoms with Crippen LogP contribution in [-0.2, 0) is 22.7 Å². The van der Waals surface area contributed by atoms with E-state index in [1.165, 1.54) is 5.56 Å². The zero-order chi connectivity index (χ0) is 17.2. The predicted molar refractivity (Wildman–Crippen MR) is 91.7 cm³/mol. The SMILES string of the molecule is Cc1ccccc1CNC(=O)CN1CCC2OCc3cnnn3C2C1. The maximum atomic E-state index is 12.3. The van der Waals surface area contributed by atoms with E-state index >= 15 is 0 Å². The van der Waals surface area contributed by atoms with Gasteiger partial charge in [-0.1, -0.05) is 29.5 Å². The van der Waals surface area contributed by atoms with Gasteiger partial charge in [-0.15, -0.1) is 5.10 Å². The number of carbonyl (C=O) groups excluding carboxylic acids is 1. The molecule has 0 aliphatic carbocycles. The summed E-state index contributed by atoms with van der Waals surface area (Å²) in [4.78, 5) is 14.5. The number of aromatic nitrogens is 3. The number of amides is 1. The molecule has 3 heterocycles. The number of aryl methyl sites for hydroxylation is 1. The van der Waals surface area contributed by atoms with Crippen LogP contribution in [0.3, 0.4) is 0 Å². The highest BCUT2D eigenvalue weighted by atomic mass is 16.5. The zero-order valence-corrected chi connectivity index (χ0v) is 14.4. The topological polar surface area (TPSA) is 72.3 Å². The number of benzene rings is 1. The summed E-state index contributed by atoms with van der Waals surface area (Å²) in [5.74, 6) is 0.0530. The molecule has 1 aromatic carbocycles. The minimum atomic E-state index is 0.0530. The second kappa shape index (κ2) is 6.93. The monoisotopic (exact) mass is 341 g/mol. The summed E-state index contributed by atoms with van der Waals surface area (Å²) in [5, 5.41) is 11.2. The quantitative estimate of drug-likeness (QED) is 0.900. The molecule has 2 atom stereocenters. The van der Waals surface area contributed by atoms with Gasteiger partial charge in [-0.2, -0.15) is 0 Å². The number of hydrogen-bond donors (Lipinski definition) is 1. The fraction of sp³-hybridized carbons (Fsp3) is 0.500. The average molecular weight is 341 g/mol. The highest BCUT2D eigenvalue weighted by molar-refractivity contribution is 5.78. The molecule has 1 saturated heterocycles. The molecular weight excluding hydrogens is 318 g/mol. The molecule has 7 heteroatoms. The van der Waals surface area contributed by atoms with Crippen molar-refractivity contribution in [1.82, 2.24) is 25.2 Å². The van der Waals surface area contributed by atoms with Crippen molar-refractivity contribution in [2.24, 2.45) is 0 Å². The molecular formula is C18H23N5O2. The summed E-state index contributed by atoms with van der Waals surface area (Å²) in [6, 6.07) is 8.26. The molecule has 0 bridgehead atoms. The van der Waals surface area contributed by atoms with Crippen LogP contribution in [0.4, 0.5) is 0 Å². The first-order chi connectivity index (χ1) is 12.2. The van der Waals surface area contributed by atoms with Crippen LogP contribution in [-0.4, -0.2) is 51.5 Å². The lowest BCUT2D eigenvalue weighted by molar-refractivity contribution is -0.124. The maximum Gasteiger partial charge on any atom is 0.234 e. The van der Waals surface area contributed by atoms with Gasteiger partial charge in [0.25, 0.3) is 0 Å². The van der Waals surface area contributed by atoms with Gasteiger partial charge in [0.1, 0.15) is 0 Å². The normalized spacial score (nSPS) is 22.9. The van der Waals surface area contributed by atoms with E-state index in [9.17, 15) is 4.79 Å². The number of likely N-dealkylation sites (tertiary alicyclic amines) is 1. The lowest BCUT2D eigenvalue weighted by Gasteiger charge is -2.40. The van der Waals surface area contributed by atoms with E-state index in [0.717, 1.165) is 30.8 Å². The van der Waals surface area contributed by atoms with Gasteiger partial charge in [-0.25, -0.2) is 4.68 Å². The Morgan fingerprint density at radius 1 is 1.40 bits per heavy atom. The molecule has 0 spiro atoms. The summed E-state index contributed by atoms with van der Waals surface area (Å²) >= 11 is 0. The van der Waals surface area contributed by atoms with Crippen LogP contribution in [0.2, 0.25) is 0 Å². The van der Waals surface area contributed by atoms with Crippen molar-refractivity contribution in [2.45, 2.75) is 38.6 Å². The molecule has 1 fully saturated rings. The van der Waals surface area contributed by atoms with E-state index in [1.807, 2.05) is 22.9 Å². The van der Waals surface area contributed by atoms with Crippen LogP contribution >= 0.6 is 0 Å². The molecule has 2 aromatic rings. The number of hydrogen-bond acceptors (Lipinski definition) is 5. The summed E-state index contributed by atoms with van der Waals surface area (Å²) < 4.78 is 7.87. The largest absolute Gasteiger partial charge is 0.370 e. The Hall–Kier alpha value is -2.25. The molecule has 1 amide bonds. The zero-order valence-electron chi connectivity index (χ0n) is 14.4. The Kier molecular flexibility index (Phi) is 4.50. The molecule has 25 heavy (non-hydrogen) atoms. The van der Waals surface area contributed by atoms with Gasteiger partial charge in [0, 0.05) is 19.6 Å². The van der Waals surface area contributed by atoms with Gasteiger partial charge in [0.05, 0.1) is 37.2 Å². The smallest absolute Gasteiger partial charge is 0.234 e. The van der Waals surface area contributed by atoms with Gasteiger partial charge in [-0.3, -0.25) is 9.69 Å². The summed E-state index contributed by atoms with van der Waals surface area (Å²) in [6.45, 7) is 5.23. The number of ether oxygens (including phenoxy) is 1. The number of carbonyl (C=O) groups is 1. The van der Waals surface area contributed by atoms with Crippen molar-refractivity contribution in [3.8, 4) is 0 Å². The van der Waals surface area contributed by atoms with Gasteiger partial charge in [0.2, 0.25) is 5.91 Å². The van der Waals surface area contributed by atoms with E-state index in [4.69, 9.17) is 4.74 Å². The molecule has 7 nitrogen and oxygen atoms in total. The number of nitrogens with one attached hydrogen (secondary N) is 1. The molecule has 0 radical (unpaired) electrons. The third-order valence-corrected chi connectivity index (χ3v) is 5.12. The van der Waals surface area contributed by atoms with Crippen molar-refractivity contribution < 1.29 is 9.53 Å². The van der Waals surface area contributed by atoms with E-state index in [2.05, 4.69) is 33.5 Å².